The Balaban J connectivity index is 1.51. The Morgan fingerprint density at radius 3 is 2.68 bits per heavy atom. The molecule has 0 N–H and O–H groups in total. The smallest absolute Gasteiger partial charge is 0.255 e. The van der Waals surface area contributed by atoms with Crippen LogP contribution in [0.15, 0.2) is 41.3 Å². The normalized spacial score (nSPS) is 18.8. The molecule has 2 amide bonds. The van der Waals surface area contributed by atoms with Gasteiger partial charge < -0.3 is 14.5 Å². The molecule has 1 fully saturated rings. The number of carbonyl (C=O) groups excluding carboxylic acids is 2. The van der Waals surface area contributed by atoms with E-state index in [-0.39, 0.29) is 29.1 Å². The average Bonchev–Trinajstić information content (AvgIpc) is 2.78. The van der Waals surface area contributed by atoms with Crippen LogP contribution < -0.4 is 5.56 Å². The SMILES string of the molecule is COCCN1CC(C(=O)N2CCc3cc(=O)n(-c4ccc(F)cc4)cc3C2)CCC1=O. The van der Waals surface area contributed by atoms with Crippen LogP contribution in [0.1, 0.15) is 24.0 Å². The van der Waals surface area contributed by atoms with Gasteiger partial charge in [0, 0.05) is 57.7 Å². The van der Waals surface area contributed by atoms with E-state index in [1.807, 2.05) is 4.90 Å². The summed E-state index contributed by atoms with van der Waals surface area (Å²) in [6.45, 7) is 2.32. The Morgan fingerprint density at radius 2 is 1.94 bits per heavy atom. The third-order valence-electron chi connectivity index (χ3n) is 6.08. The lowest BCUT2D eigenvalue weighted by molar-refractivity contribution is -0.144. The second-order valence-electron chi connectivity index (χ2n) is 8.09. The van der Waals surface area contributed by atoms with Gasteiger partial charge in [0.15, 0.2) is 0 Å². The zero-order valence-corrected chi connectivity index (χ0v) is 17.6. The molecular formula is C23H26FN3O4. The summed E-state index contributed by atoms with van der Waals surface area (Å²) in [5.74, 6) is -0.482. The van der Waals surface area contributed by atoms with Gasteiger partial charge >= 0.3 is 0 Å². The second kappa shape index (κ2) is 9.01. The third kappa shape index (κ3) is 4.54. The number of likely N-dealkylation sites (tertiary alicyclic amines) is 1. The van der Waals surface area contributed by atoms with Gasteiger partial charge in [0.25, 0.3) is 5.56 Å². The van der Waals surface area contributed by atoms with Crippen molar-refractivity contribution in [1.82, 2.24) is 14.4 Å². The Morgan fingerprint density at radius 1 is 1.16 bits per heavy atom. The molecule has 2 aromatic rings. The van der Waals surface area contributed by atoms with Crippen molar-refractivity contribution < 1.29 is 18.7 Å². The number of piperidine rings is 1. The minimum atomic E-state index is -0.364. The molecule has 164 valence electrons. The number of hydrogen-bond donors (Lipinski definition) is 0. The van der Waals surface area contributed by atoms with Crippen LogP contribution in [0, 0.1) is 11.7 Å². The summed E-state index contributed by atoms with van der Waals surface area (Å²) < 4.78 is 19.8. The fraction of sp³-hybridized carbons (Fsp3) is 0.435. The monoisotopic (exact) mass is 427 g/mol. The van der Waals surface area contributed by atoms with Crippen LogP contribution >= 0.6 is 0 Å². The van der Waals surface area contributed by atoms with Gasteiger partial charge in [-0.15, -0.1) is 0 Å². The number of rotatable bonds is 5. The molecule has 4 rings (SSSR count). The first-order chi connectivity index (χ1) is 15.0. The molecule has 7 nitrogen and oxygen atoms in total. The molecule has 31 heavy (non-hydrogen) atoms. The van der Waals surface area contributed by atoms with Crippen LogP contribution in [0.5, 0.6) is 0 Å². The number of pyridine rings is 1. The summed E-state index contributed by atoms with van der Waals surface area (Å²) in [5.41, 5.74) is 2.25. The van der Waals surface area contributed by atoms with E-state index < -0.39 is 0 Å². The Kier molecular flexibility index (Phi) is 6.18. The highest BCUT2D eigenvalue weighted by Gasteiger charge is 2.33. The number of hydrogen-bond acceptors (Lipinski definition) is 4. The fourth-order valence-electron chi connectivity index (χ4n) is 4.31. The van der Waals surface area contributed by atoms with Crippen LogP contribution in [0.2, 0.25) is 0 Å². The number of carbonyl (C=O) groups is 2. The minimum absolute atomic E-state index is 0.0418. The summed E-state index contributed by atoms with van der Waals surface area (Å²) in [4.78, 5) is 41.4. The minimum Gasteiger partial charge on any atom is -0.383 e. The highest BCUT2D eigenvalue weighted by atomic mass is 19.1. The van der Waals surface area contributed by atoms with Gasteiger partial charge in [-0.3, -0.25) is 19.0 Å². The molecule has 1 unspecified atom stereocenters. The molecule has 1 atom stereocenters. The fourth-order valence-corrected chi connectivity index (χ4v) is 4.31. The highest BCUT2D eigenvalue weighted by molar-refractivity contribution is 5.84. The van der Waals surface area contributed by atoms with Crippen molar-refractivity contribution in [2.75, 3.05) is 33.4 Å². The van der Waals surface area contributed by atoms with Gasteiger partial charge in [0.1, 0.15) is 5.82 Å². The summed E-state index contributed by atoms with van der Waals surface area (Å²) in [5, 5.41) is 0. The number of methoxy groups -OCH3 is 1. The summed E-state index contributed by atoms with van der Waals surface area (Å²) >= 11 is 0. The van der Waals surface area contributed by atoms with E-state index in [1.54, 1.807) is 36.4 Å². The molecule has 2 aliphatic rings. The van der Waals surface area contributed by atoms with Crippen LogP contribution in [0.4, 0.5) is 4.39 Å². The molecule has 0 bridgehead atoms. The molecule has 1 saturated heterocycles. The molecule has 0 spiro atoms. The van der Waals surface area contributed by atoms with Crippen molar-refractivity contribution in [3.63, 3.8) is 0 Å². The number of aromatic nitrogens is 1. The predicted molar refractivity (Wildman–Crippen MR) is 112 cm³/mol. The van der Waals surface area contributed by atoms with E-state index >= 15 is 0 Å². The standard InChI is InChI=1S/C23H26FN3O4/c1-31-11-10-25-13-17(2-7-21(25)28)23(30)26-9-8-16-12-22(29)27(15-18(16)14-26)20-5-3-19(24)4-6-20/h3-6,12,15,17H,2,7-11,13-14H2,1H3. The van der Waals surface area contributed by atoms with Gasteiger partial charge in [-0.25, -0.2) is 4.39 Å². The maximum atomic E-state index is 13.3. The lowest BCUT2D eigenvalue weighted by Crippen LogP contribution is -2.49. The molecule has 1 aromatic carbocycles. The molecule has 2 aliphatic heterocycles. The zero-order valence-electron chi connectivity index (χ0n) is 17.6. The van der Waals surface area contributed by atoms with Crippen molar-refractivity contribution in [2.24, 2.45) is 5.92 Å². The topological polar surface area (TPSA) is 71.8 Å². The maximum Gasteiger partial charge on any atom is 0.255 e. The molecule has 0 saturated carbocycles. The number of fused-ring (bicyclic) bond motifs is 1. The van der Waals surface area contributed by atoms with Crippen LogP contribution in [-0.4, -0.2) is 59.5 Å². The number of amides is 2. The molecule has 8 heteroatoms. The number of nitrogens with zero attached hydrogens (tertiary/aromatic N) is 3. The highest BCUT2D eigenvalue weighted by Crippen LogP contribution is 2.24. The summed E-state index contributed by atoms with van der Waals surface area (Å²) in [6, 6.07) is 7.35. The van der Waals surface area contributed by atoms with Crippen LogP contribution in [0.3, 0.4) is 0 Å². The van der Waals surface area contributed by atoms with E-state index in [0.29, 0.717) is 57.7 Å². The van der Waals surface area contributed by atoms with E-state index in [4.69, 9.17) is 4.74 Å². The van der Waals surface area contributed by atoms with Gasteiger partial charge in [0.05, 0.1) is 12.5 Å². The zero-order chi connectivity index (χ0) is 22.0. The van der Waals surface area contributed by atoms with Crippen molar-refractivity contribution >= 4 is 11.8 Å². The van der Waals surface area contributed by atoms with E-state index in [1.165, 1.54) is 16.7 Å². The van der Waals surface area contributed by atoms with Crippen LogP contribution in [0.25, 0.3) is 5.69 Å². The Bertz CT molecular complexity index is 1030. The first-order valence-electron chi connectivity index (χ1n) is 10.5. The van der Waals surface area contributed by atoms with E-state index in [0.717, 1.165) is 11.1 Å². The second-order valence-corrected chi connectivity index (χ2v) is 8.09. The van der Waals surface area contributed by atoms with Crippen molar-refractivity contribution in [2.45, 2.75) is 25.8 Å². The Labute approximate surface area is 180 Å². The van der Waals surface area contributed by atoms with Gasteiger partial charge in [-0.2, -0.15) is 0 Å². The van der Waals surface area contributed by atoms with E-state index in [9.17, 15) is 18.8 Å². The third-order valence-corrected chi connectivity index (χ3v) is 6.08. The van der Waals surface area contributed by atoms with Gasteiger partial charge in [-0.05, 0) is 48.2 Å². The lowest BCUT2D eigenvalue weighted by Gasteiger charge is -2.36. The van der Waals surface area contributed by atoms with Crippen molar-refractivity contribution in [3.8, 4) is 5.69 Å². The molecular weight excluding hydrogens is 401 g/mol. The maximum absolute atomic E-state index is 13.3. The molecule has 0 radical (unpaired) electrons. The van der Waals surface area contributed by atoms with Gasteiger partial charge in [-0.1, -0.05) is 0 Å². The first kappa shape index (κ1) is 21.2. The summed E-state index contributed by atoms with van der Waals surface area (Å²) in [7, 11) is 1.59. The number of benzene rings is 1. The number of ether oxygens (including phenoxy) is 1. The quantitative estimate of drug-likeness (QED) is 0.729. The summed E-state index contributed by atoms with van der Waals surface area (Å²) in [6.07, 6.45) is 3.29. The predicted octanol–water partition coefficient (Wildman–Crippen LogP) is 1.75. The Hall–Kier alpha value is -3.00. The molecule has 3 heterocycles. The van der Waals surface area contributed by atoms with Crippen molar-refractivity contribution in [1.29, 1.82) is 0 Å². The number of halogens is 1. The molecule has 1 aromatic heterocycles. The van der Waals surface area contributed by atoms with Crippen molar-refractivity contribution in [3.05, 3.63) is 63.8 Å². The lowest BCUT2D eigenvalue weighted by atomic mass is 9.94. The average molecular weight is 427 g/mol. The van der Waals surface area contributed by atoms with E-state index in [2.05, 4.69) is 0 Å². The van der Waals surface area contributed by atoms with Crippen LogP contribution in [-0.2, 0) is 27.3 Å². The first-order valence-corrected chi connectivity index (χ1v) is 10.5. The van der Waals surface area contributed by atoms with Gasteiger partial charge in [0.2, 0.25) is 11.8 Å². The molecule has 0 aliphatic carbocycles. The largest absolute Gasteiger partial charge is 0.383 e.